The molecule has 21 heavy (non-hydrogen) atoms. The Morgan fingerprint density at radius 2 is 2.05 bits per heavy atom. The molecule has 4 rings (SSSR count). The number of hydrogen-bond donors (Lipinski definition) is 2. The lowest BCUT2D eigenvalue weighted by molar-refractivity contribution is -0.0864. The number of aliphatic hydroxyl groups is 1. The quantitative estimate of drug-likeness (QED) is 0.840. The van der Waals surface area contributed by atoms with E-state index in [2.05, 4.69) is 0 Å². The molecule has 0 bridgehead atoms. The van der Waals surface area contributed by atoms with Gasteiger partial charge in [0.15, 0.2) is 11.7 Å². The monoisotopic (exact) mass is 286 g/mol. The summed E-state index contributed by atoms with van der Waals surface area (Å²) in [7, 11) is 1.58. The fourth-order valence-electron chi connectivity index (χ4n) is 2.98. The highest BCUT2D eigenvalue weighted by molar-refractivity contribution is 5.53. The van der Waals surface area contributed by atoms with Crippen LogP contribution in [0.2, 0.25) is 0 Å². The van der Waals surface area contributed by atoms with Crippen LogP contribution in [0.1, 0.15) is 17.2 Å². The van der Waals surface area contributed by atoms with E-state index in [1.54, 1.807) is 37.4 Å². The van der Waals surface area contributed by atoms with E-state index in [9.17, 15) is 10.2 Å². The molecule has 0 aliphatic carbocycles. The van der Waals surface area contributed by atoms with E-state index < -0.39 is 11.7 Å². The lowest BCUT2D eigenvalue weighted by atomic mass is 9.85. The molecule has 5 heteroatoms. The molecule has 0 saturated carbocycles. The van der Waals surface area contributed by atoms with Crippen molar-refractivity contribution >= 4 is 0 Å². The maximum absolute atomic E-state index is 11.0. The molecule has 2 aliphatic rings. The van der Waals surface area contributed by atoms with Gasteiger partial charge in [-0.25, -0.2) is 0 Å². The van der Waals surface area contributed by atoms with E-state index in [0.29, 0.717) is 22.8 Å². The van der Waals surface area contributed by atoms with Crippen molar-refractivity contribution in [2.45, 2.75) is 11.7 Å². The molecule has 0 unspecified atom stereocenters. The molecule has 0 saturated heterocycles. The van der Waals surface area contributed by atoms with Gasteiger partial charge in [-0.1, -0.05) is 0 Å². The number of ether oxygens (including phenoxy) is 3. The molecule has 0 spiro atoms. The Morgan fingerprint density at radius 3 is 2.86 bits per heavy atom. The Balaban J connectivity index is 1.84. The van der Waals surface area contributed by atoms with E-state index in [-0.39, 0.29) is 12.4 Å². The van der Waals surface area contributed by atoms with Gasteiger partial charge in [-0.05, 0) is 24.3 Å². The van der Waals surface area contributed by atoms with Crippen LogP contribution in [0.25, 0.3) is 0 Å². The van der Waals surface area contributed by atoms with Crippen molar-refractivity contribution in [1.29, 1.82) is 0 Å². The molecule has 2 N–H and O–H groups in total. The van der Waals surface area contributed by atoms with E-state index in [4.69, 9.17) is 14.2 Å². The van der Waals surface area contributed by atoms with Crippen LogP contribution < -0.4 is 14.2 Å². The maximum Gasteiger partial charge on any atom is 0.168 e. The number of benzene rings is 2. The minimum atomic E-state index is -1.23. The molecule has 2 atom stereocenters. The summed E-state index contributed by atoms with van der Waals surface area (Å²) < 4.78 is 16.7. The predicted molar refractivity (Wildman–Crippen MR) is 73.9 cm³/mol. The number of fused-ring (bicyclic) bond motifs is 5. The van der Waals surface area contributed by atoms with Gasteiger partial charge in [-0.2, -0.15) is 0 Å². The van der Waals surface area contributed by atoms with Gasteiger partial charge >= 0.3 is 0 Å². The van der Waals surface area contributed by atoms with Crippen molar-refractivity contribution in [3.8, 4) is 23.0 Å². The molecule has 2 aromatic rings. The molecule has 0 radical (unpaired) electrons. The highest BCUT2D eigenvalue weighted by atomic mass is 16.5. The van der Waals surface area contributed by atoms with Gasteiger partial charge < -0.3 is 24.4 Å². The average Bonchev–Trinajstić information content (AvgIpc) is 2.79. The second-order valence-corrected chi connectivity index (χ2v) is 5.30. The summed E-state index contributed by atoms with van der Waals surface area (Å²) in [6.45, 7) is 0.0768. The second-order valence-electron chi connectivity index (χ2n) is 5.30. The first-order valence-electron chi connectivity index (χ1n) is 6.65. The van der Waals surface area contributed by atoms with Crippen LogP contribution in [0.3, 0.4) is 0 Å². The molecule has 5 nitrogen and oxygen atoms in total. The smallest absolute Gasteiger partial charge is 0.168 e. The minimum Gasteiger partial charge on any atom is -0.508 e. The average molecular weight is 286 g/mol. The zero-order valence-electron chi connectivity index (χ0n) is 11.4. The molecule has 2 heterocycles. The van der Waals surface area contributed by atoms with Crippen LogP contribution in [0.4, 0.5) is 0 Å². The Morgan fingerprint density at radius 1 is 1.19 bits per heavy atom. The van der Waals surface area contributed by atoms with Gasteiger partial charge in [0.25, 0.3) is 0 Å². The zero-order chi connectivity index (χ0) is 14.6. The number of rotatable bonds is 1. The zero-order valence-corrected chi connectivity index (χ0v) is 11.4. The summed E-state index contributed by atoms with van der Waals surface area (Å²) in [6.07, 6.45) is -0.552. The van der Waals surface area contributed by atoms with E-state index in [1.165, 1.54) is 6.07 Å². The number of aromatic hydroxyl groups is 1. The summed E-state index contributed by atoms with van der Waals surface area (Å²) in [5.41, 5.74) is 0.176. The number of hydrogen-bond acceptors (Lipinski definition) is 5. The fourth-order valence-corrected chi connectivity index (χ4v) is 2.98. The Kier molecular flexibility index (Phi) is 2.38. The lowest BCUT2D eigenvalue weighted by Gasteiger charge is -2.34. The van der Waals surface area contributed by atoms with Gasteiger partial charge in [0.1, 0.15) is 29.6 Å². The topological polar surface area (TPSA) is 68.2 Å². The fraction of sp³-hybridized carbons (Fsp3) is 0.250. The van der Waals surface area contributed by atoms with Gasteiger partial charge in [0, 0.05) is 23.3 Å². The molecular weight excluding hydrogens is 272 g/mol. The first-order valence-corrected chi connectivity index (χ1v) is 6.65. The van der Waals surface area contributed by atoms with Crippen molar-refractivity contribution in [3.05, 3.63) is 47.5 Å². The summed E-state index contributed by atoms with van der Waals surface area (Å²) in [5, 5.41) is 20.5. The van der Waals surface area contributed by atoms with Crippen LogP contribution in [-0.2, 0) is 5.60 Å². The summed E-state index contributed by atoms with van der Waals surface area (Å²) in [5.74, 6) is 1.91. The molecule has 0 aromatic heterocycles. The van der Waals surface area contributed by atoms with Crippen LogP contribution in [-0.4, -0.2) is 23.9 Å². The van der Waals surface area contributed by atoms with E-state index >= 15 is 0 Å². The molecular formula is C16H14O5. The Hall–Kier alpha value is -2.40. The predicted octanol–water partition coefficient (Wildman–Crippen LogP) is 2.11. The summed E-state index contributed by atoms with van der Waals surface area (Å²) in [4.78, 5) is 0. The highest BCUT2D eigenvalue weighted by Gasteiger charge is 2.52. The first-order chi connectivity index (χ1) is 10.1. The van der Waals surface area contributed by atoms with E-state index in [1.807, 2.05) is 0 Å². The Bertz CT molecular complexity index is 727. The highest BCUT2D eigenvalue weighted by Crippen LogP contribution is 2.54. The first kappa shape index (κ1) is 12.3. The third-order valence-electron chi connectivity index (χ3n) is 4.06. The SMILES string of the molecule is COc1ccc2c(c1)O[C@H]1c3ccc(O)cc3OC[C@@]21O. The third kappa shape index (κ3) is 1.61. The normalized spacial score (nSPS) is 25.1. The maximum atomic E-state index is 11.0. The standard InChI is InChI=1S/C16H14O5/c1-19-10-3-5-12-14(7-10)21-15-11-4-2-9(17)6-13(11)20-8-16(12,15)18/h2-7,15,17-18H,8H2,1H3/t15-,16+/m0/s1. The molecule has 2 aromatic carbocycles. The van der Waals surface area contributed by atoms with Gasteiger partial charge in [-0.3, -0.25) is 0 Å². The van der Waals surface area contributed by atoms with Crippen LogP contribution in [0.5, 0.6) is 23.0 Å². The van der Waals surface area contributed by atoms with Gasteiger partial charge in [0.05, 0.1) is 7.11 Å². The minimum absolute atomic E-state index is 0.0768. The van der Waals surface area contributed by atoms with Crippen molar-refractivity contribution in [2.24, 2.45) is 0 Å². The lowest BCUT2D eigenvalue weighted by Crippen LogP contribution is -2.41. The van der Waals surface area contributed by atoms with E-state index in [0.717, 1.165) is 5.56 Å². The number of methoxy groups -OCH3 is 1. The number of phenolic OH excluding ortho intramolecular Hbond substituents is 1. The molecule has 2 aliphatic heterocycles. The van der Waals surface area contributed by atoms with Crippen molar-refractivity contribution in [3.63, 3.8) is 0 Å². The van der Waals surface area contributed by atoms with Crippen LogP contribution in [0, 0.1) is 0 Å². The van der Waals surface area contributed by atoms with Crippen molar-refractivity contribution in [2.75, 3.05) is 13.7 Å². The summed E-state index contributed by atoms with van der Waals surface area (Å²) >= 11 is 0. The van der Waals surface area contributed by atoms with Crippen LogP contribution in [0.15, 0.2) is 36.4 Å². The second kappa shape index (κ2) is 4.05. The molecule has 0 fully saturated rings. The third-order valence-corrected chi connectivity index (χ3v) is 4.06. The number of phenols is 1. The van der Waals surface area contributed by atoms with Crippen molar-refractivity contribution in [1.82, 2.24) is 0 Å². The summed E-state index contributed by atoms with van der Waals surface area (Å²) in [6, 6.07) is 10.1. The molecule has 108 valence electrons. The Labute approximate surface area is 121 Å². The van der Waals surface area contributed by atoms with Gasteiger partial charge in [-0.15, -0.1) is 0 Å². The van der Waals surface area contributed by atoms with Crippen LogP contribution >= 0.6 is 0 Å². The van der Waals surface area contributed by atoms with Crippen molar-refractivity contribution < 1.29 is 24.4 Å². The molecule has 0 amide bonds. The van der Waals surface area contributed by atoms with Gasteiger partial charge in [0.2, 0.25) is 0 Å². The largest absolute Gasteiger partial charge is 0.508 e.